The summed E-state index contributed by atoms with van der Waals surface area (Å²) in [5, 5.41) is 8.65. The topological polar surface area (TPSA) is 53.0 Å². The molecule has 0 aliphatic rings. The van der Waals surface area contributed by atoms with Gasteiger partial charge in [-0.1, -0.05) is 22.0 Å². The van der Waals surface area contributed by atoms with Gasteiger partial charge in [0.2, 0.25) is 0 Å². The van der Waals surface area contributed by atoms with Gasteiger partial charge in [-0.2, -0.15) is 5.26 Å². The van der Waals surface area contributed by atoms with Gasteiger partial charge in [-0.3, -0.25) is 4.90 Å². The summed E-state index contributed by atoms with van der Waals surface area (Å²) in [7, 11) is 2.00. The quantitative estimate of drug-likeness (QED) is 0.864. The minimum absolute atomic E-state index is 0.233. The van der Waals surface area contributed by atoms with Crippen molar-refractivity contribution in [3.05, 3.63) is 28.2 Å². The Balaban J connectivity index is 2.77. The van der Waals surface area contributed by atoms with Crippen LogP contribution >= 0.6 is 15.9 Å². The Bertz CT molecular complexity index is 377. The first-order valence-electron chi connectivity index (χ1n) is 5.16. The molecule has 0 saturated carbocycles. The maximum atomic E-state index is 8.65. The number of rotatable bonds is 4. The molecule has 1 rings (SSSR count). The van der Waals surface area contributed by atoms with E-state index in [9.17, 15) is 0 Å². The minimum atomic E-state index is 0.233. The van der Waals surface area contributed by atoms with Crippen LogP contribution in [0.2, 0.25) is 0 Å². The molecule has 0 aliphatic carbocycles. The van der Waals surface area contributed by atoms with Crippen molar-refractivity contribution in [2.45, 2.75) is 25.9 Å². The second kappa shape index (κ2) is 5.88. The Morgan fingerprint density at radius 1 is 1.56 bits per heavy atom. The van der Waals surface area contributed by atoms with Gasteiger partial charge < -0.3 is 5.73 Å². The third kappa shape index (κ3) is 3.22. The lowest BCUT2D eigenvalue weighted by Crippen LogP contribution is -2.28. The summed E-state index contributed by atoms with van der Waals surface area (Å²) in [5.41, 5.74) is 7.78. The average Bonchev–Trinajstić information content (AvgIpc) is 2.23. The molecule has 3 nitrogen and oxygen atoms in total. The van der Waals surface area contributed by atoms with E-state index in [-0.39, 0.29) is 6.04 Å². The summed E-state index contributed by atoms with van der Waals surface area (Å²) in [5.74, 6) is 0. The molecule has 0 spiro atoms. The third-order valence-corrected chi connectivity index (χ3v) is 3.44. The molecule has 0 bridgehead atoms. The van der Waals surface area contributed by atoms with Crippen LogP contribution in [0.5, 0.6) is 0 Å². The lowest BCUT2D eigenvalue weighted by Gasteiger charge is -2.23. The highest BCUT2D eigenvalue weighted by Crippen LogP contribution is 2.24. The Hall–Kier alpha value is -1.05. The molecule has 0 aliphatic heterocycles. The van der Waals surface area contributed by atoms with Crippen LogP contribution in [0.3, 0.4) is 0 Å². The summed E-state index contributed by atoms with van der Waals surface area (Å²) in [4.78, 5) is 2.12. The van der Waals surface area contributed by atoms with Crippen molar-refractivity contribution in [3.63, 3.8) is 0 Å². The molecule has 0 heterocycles. The van der Waals surface area contributed by atoms with Crippen LogP contribution in [0.4, 0.5) is 5.69 Å². The van der Waals surface area contributed by atoms with E-state index in [0.717, 1.165) is 22.3 Å². The number of nitriles is 1. The van der Waals surface area contributed by atoms with Gasteiger partial charge in [0.15, 0.2) is 0 Å². The van der Waals surface area contributed by atoms with Gasteiger partial charge in [-0.15, -0.1) is 0 Å². The number of hydrogen-bond acceptors (Lipinski definition) is 3. The number of benzene rings is 1. The largest absolute Gasteiger partial charge is 0.398 e. The molecule has 0 saturated heterocycles. The van der Waals surface area contributed by atoms with Crippen LogP contribution < -0.4 is 5.73 Å². The lowest BCUT2D eigenvalue weighted by atomic mass is 10.1. The van der Waals surface area contributed by atoms with Crippen LogP contribution in [0.1, 0.15) is 18.9 Å². The lowest BCUT2D eigenvalue weighted by molar-refractivity contribution is 0.252. The first-order valence-corrected chi connectivity index (χ1v) is 5.95. The summed E-state index contributed by atoms with van der Waals surface area (Å²) in [6, 6.07) is 8.20. The zero-order valence-electron chi connectivity index (χ0n) is 9.57. The number of nitrogens with two attached hydrogens (primary N) is 1. The molecule has 86 valence electrons. The molecular weight excluding hydrogens is 266 g/mol. The molecule has 1 aromatic rings. The van der Waals surface area contributed by atoms with Crippen molar-refractivity contribution >= 4 is 21.6 Å². The van der Waals surface area contributed by atoms with Crippen molar-refractivity contribution in [3.8, 4) is 6.07 Å². The van der Waals surface area contributed by atoms with E-state index in [2.05, 4.69) is 26.9 Å². The van der Waals surface area contributed by atoms with E-state index in [1.165, 1.54) is 0 Å². The average molecular weight is 282 g/mol. The summed E-state index contributed by atoms with van der Waals surface area (Å²) >= 11 is 3.49. The number of halogens is 1. The van der Waals surface area contributed by atoms with Crippen molar-refractivity contribution in [1.82, 2.24) is 4.90 Å². The highest BCUT2D eigenvalue weighted by atomic mass is 79.9. The van der Waals surface area contributed by atoms with E-state index < -0.39 is 0 Å². The zero-order valence-corrected chi connectivity index (χ0v) is 11.2. The fraction of sp³-hybridized carbons (Fsp3) is 0.417. The molecule has 1 unspecified atom stereocenters. The first kappa shape index (κ1) is 13.0. The van der Waals surface area contributed by atoms with Gasteiger partial charge in [-0.05, 0) is 26.1 Å². The van der Waals surface area contributed by atoms with Crippen LogP contribution in [0.25, 0.3) is 0 Å². The molecule has 0 amide bonds. The molecule has 4 heteroatoms. The van der Waals surface area contributed by atoms with Gasteiger partial charge in [-0.25, -0.2) is 0 Å². The Kier molecular flexibility index (Phi) is 4.78. The summed E-state index contributed by atoms with van der Waals surface area (Å²) < 4.78 is 1.02. The van der Waals surface area contributed by atoms with Crippen molar-refractivity contribution in [1.29, 1.82) is 5.26 Å². The van der Waals surface area contributed by atoms with E-state index in [4.69, 9.17) is 11.0 Å². The minimum Gasteiger partial charge on any atom is -0.398 e. The monoisotopic (exact) mass is 281 g/mol. The van der Waals surface area contributed by atoms with E-state index in [0.29, 0.717) is 6.42 Å². The van der Waals surface area contributed by atoms with Gasteiger partial charge >= 0.3 is 0 Å². The zero-order chi connectivity index (χ0) is 12.1. The third-order valence-electron chi connectivity index (χ3n) is 2.70. The van der Waals surface area contributed by atoms with Crippen molar-refractivity contribution < 1.29 is 0 Å². The van der Waals surface area contributed by atoms with E-state index >= 15 is 0 Å². The molecule has 1 atom stereocenters. The second-order valence-electron chi connectivity index (χ2n) is 3.93. The highest BCUT2D eigenvalue weighted by Gasteiger charge is 2.12. The Labute approximate surface area is 105 Å². The van der Waals surface area contributed by atoms with Crippen LogP contribution in [0, 0.1) is 11.3 Å². The molecule has 1 aromatic carbocycles. The highest BCUT2D eigenvalue weighted by molar-refractivity contribution is 9.10. The van der Waals surface area contributed by atoms with E-state index in [1.54, 1.807) is 0 Å². The normalized spacial score (nSPS) is 12.4. The van der Waals surface area contributed by atoms with Crippen LogP contribution in [-0.2, 0) is 6.54 Å². The molecule has 2 N–H and O–H groups in total. The standard InChI is InChI=1S/C12H16BrN3/c1-9(6-7-14)16(2)8-10-11(13)4-3-5-12(10)15/h3-5,9H,6,8,15H2,1-2H3. The maximum absolute atomic E-state index is 8.65. The summed E-state index contributed by atoms with van der Waals surface area (Å²) in [6.45, 7) is 2.78. The molecule has 0 radical (unpaired) electrons. The number of nitrogen functional groups attached to an aromatic ring is 1. The fourth-order valence-corrected chi connectivity index (χ4v) is 1.94. The van der Waals surface area contributed by atoms with Crippen molar-refractivity contribution in [2.75, 3.05) is 12.8 Å². The van der Waals surface area contributed by atoms with Gasteiger partial charge in [0.05, 0.1) is 12.5 Å². The number of anilines is 1. The van der Waals surface area contributed by atoms with Crippen molar-refractivity contribution in [2.24, 2.45) is 0 Å². The molecule has 0 aromatic heterocycles. The van der Waals surface area contributed by atoms with Gasteiger partial charge in [0.25, 0.3) is 0 Å². The predicted octanol–water partition coefficient (Wildman–Crippen LogP) is 2.77. The first-order chi connectivity index (χ1) is 7.56. The van der Waals surface area contributed by atoms with E-state index in [1.807, 2.05) is 32.2 Å². The number of hydrogen-bond donors (Lipinski definition) is 1. The Morgan fingerprint density at radius 3 is 2.81 bits per heavy atom. The van der Waals surface area contributed by atoms with Gasteiger partial charge in [0.1, 0.15) is 0 Å². The Morgan fingerprint density at radius 2 is 2.25 bits per heavy atom. The predicted molar refractivity (Wildman–Crippen MR) is 69.7 cm³/mol. The van der Waals surface area contributed by atoms with Crippen LogP contribution in [0.15, 0.2) is 22.7 Å². The smallest absolute Gasteiger partial charge is 0.0638 e. The molecular formula is C12H16BrN3. The maximum Gasteiger partial charge on any atom is 0.0638 e. The molecule has 0 fully saturated rings. The fourth-order valence-electron chi connectivity index (χ4n) is 1.44. The SMILES string of the molecule is CC(CC#N)N(C)Cc1c(N)cccc1Br. The van der Waals surface area contributed by atoms with Gasteiger partial charge in [0, 0.05) is 28.3 Å². The van der Waals surface area contributed by atoms with Crippen LogP contribution in [-0.4, -0.2) is 18.0 Å². The molecule has 16 heavy (non-hydrogen) atoms. The number of nitrogens with zero attached hydrogens (tertiary/aromatic N) is 2. The summed E-state index contributed by atoms with van der Waals surface area (Å²) in [6.07, 6.45) is 0.529. The second-order valence-corrected chi connectivity index (χ2v) is 4.79.